The van der Waals surface area contributed by atoms with Crippen LogP contribution in [-0.4, -0.2) is 32.2 Å². The highest BCUT2D eigenvalue weighted by Gasteiger charge is 2.23. The Morgan fingerprint density at radius 2 is 2.14 bits per heavy atom. The standard InChI is InChI=1S/C16H24N2O3/c1-3-20-14-6-4-5-12(11-17-2)16(14)21-10-9-15(19)18-13-7-8-13/h4-6,13,17H,3,7-11H2,1-2H3,(H,18,19). The summed E-state index contributed by atoms with van der Waals surface area (Å²) in [7, 11) is 1.89. The van der Waals surface area contributed by atoms with Crippen molar-refractivity contribution >= 4 is 5.91 Å². The molecule has 0 radical (unpaired) electrons. The first-order valence-corrected chi connectivity index (χ1v) is 7.56. The average molecular weight is 292 g/mol. The van der Waals surface area contributed by atoms with Crippen LogP contribution in [0, 0.1) is 0 Å². The number of para-hydroxylation sites is 1. The summed E-state index contributed by atoms with van der Waals surface area (Å²) in [6.07, 6.45) is 2.58. The number of carbonyl (C=O) groups is 1. The molecule has 1 aliphatic carbocycles. The third-order valence-corrected chi connectivity index (χ3v) is 3.25. The van der Waals surface area contributed by atoms with E-state index in [1.165, 1.54) is 0 Å². The molecule has 0 bridgehead atoms. The van der Waals surface area contributed by atoms with Crippen LogP contribution in [0.4, 0.5) is 0 Å². The molecular weight excluding hydrogens is 268 g/mol. The number of rotatable bonds is 9. The molecule has 116 valence electrons. The van der Waals surface area contributed by atoms with Crippen LogP contribution >= 0.6 is 0 Å². The van der Waals surface area contributed by atoms with E-state index in [4.69, 9.17) is 9.47 Å². The monoisotopic (exact) mass is 292 g/mol. The van der Waals surface area contributed by atoms with E-state index in [-0.39, 0.29) is 5.91 Å². The molecule has 0 atom stereocenters. The van der Waals surface area contributed by atoms with E-state index in [9.17, 15) is 4.79 Å². The molecule has 1 aromatic rings. The molecule has 1 aliphatic rings. The Hall–Kier alpha value is -1.75. The van der Waals surface area contributed by atoms with Crippen LogP contribution in [0.5, 0.6) is 11.5 Å². The van der Waals surface area contributed by atoms with Gasteiger partial charge in [0, 0.05) is 18.2 Å². The van der Waals surface area contributed by atoms with Crippen LogP contribution in [0.2, 0.25) is 0 Å². The van der Waals surface area contributed by atoms with Gasteiger partial charge in [0.05, 0.1) is 19.6 Å². The van der Waals surface area contributed by atoms with E-state index in [1.54, 1.807) is 0 Å². The third-order valence-electron chi connectivity index (χ3n) is 3.25. The highest BCUT2D eigenvalue weighted by Crippen LogP contribution is 2.31. The van der Waals surface area contributed by atoms with Crippen molar-refractivity contribution in [3.63, 3.8) is 0 Å². The Morgan fingerprint density at radius 3 is 2.81 bits per heavy atom. The van der Waals surface area contributed by atoms with Crippen LogP contribution in [0.3, 0.4) is 0 Å². The van der Waals surface area contributed by atoms with Gasteiger partial charge in [-0.3, -0.25) is 4.79 Å². The zero-order chi connectivity index (χ0) is 15.1. The lowest BCUT2D eigenvalue weighted by Crippen LogP contribution is -2.26. The molecule has 0 spiro atoms. The molecule has 1 saturated carbocycles. The number of ether oxygens (including phenoxy) is 2. The van der Waals surface area contributed by atoms with E-state index in [0.29, 0.717) is 32.2 Å². The first-order valence-electron chi connectivity index (χ1n) is 7.56. The number of benzene rings is 1. The fraction of sp³-hybridized carbons (Fsp3) is 0.562. The van der Waals surface area contributed by atoms with Crippen LogP contribution in [0.25, 0.3) is 0 Å². The lowest BCUT2D eigenvalue weighted by molar-refractivity contribution is -0.121. The van der Waals surface area contributed by atoms with Gasteiger partial charge in [-0.15, -0.1) is 0 Å². The van der Waals surface area contributed by atoms with Crippen molar-refractivity contribution in [2.75, 3.05) is 20.3 Å². The smallest absolute Gasteiger partial charge is 0.223 e. The summed E-state index contributed by atoms with van der Waals surface area (Å²) in [4.78, 5) is 11.7. The molecule has 2 rings (SSSR count). The van der Waals surface area contributed by atoms with E-state index < -0.39 is 0 Å². The second-order valence-corrected chi connectivity index (χ2v) is 5.15. The quantitative estimate of drug-likeness (QED) is 0.729. The molecule has 5 heteroatoms. The Kier molecular flexibility index (Phi) is 5.87. The highest BCUT2D eigenvalue weighted by molar-refractivity contribution is 5.76. The summed E-state index contributed by atoms with van der Waals surface area (Å²) < 4.78 is 11.4. The van der Waals surface area contributed by atoms with Gasteiger partial charge in [-0.25, -0.2) is 0 Å². The first-order chi connectivity index (χ1) is 10.2. The Labute approximate surface area is 126 Å². The van der Waals surface area contributed by atoms with Gasteiger partial charge in [0.25, 0.3) is 0 Å². The lowest BCUT2D eigenvalue weighted by atomic mass is 10.2. The van der Waals surface area contributed by atoms with Crippen molar-refractivity contribution in [2.24, 2.45) is 0 Å². The zero-order valence-electron chi connectivity index (χ0n) is 12.8. The summed E-state index contributed by atoms with van der Waals surface area (Å²) in [5.74, 6) is 1.52. The van der Waals surface area contributed by atoms with Crippen LogP contribution in [0.15, 0.2) is 18.2 Å². The Balaban J connectivity index is 1.93. The average Bonchev–Trinajstić information content (AvgIpc) is 3.26. The van der Waals surface area contributed by atoms with Crippen molar-refractivity contribution in [3.8, 4) is 11.5 Å². The van der Waals surface area contributed by atoms with Gasteiger partial charge in [-0.05, 0) is 32.9 Å². The Morgan fingerprint density at radius 1 is 1.33 bits per heavy atom. The second kappa shape index (κ2) is 7.88. The number of carbonyl (C=O) groups excluding carboxylic acids is 1. The molecule has 1 fully saturated rings. The van der Waals surface area contributed by atoms with Crippen molar-refractivity contribution in [3.05, 3.63) is 23.8 Å². The lowest BCUT2D eigenvalue weighted by Gasteiger charge is -2.15. The predicted octanol–water partition coefficient (Wildman–Crippen LogP) is 1.85. The Bertz CT molecular complexity index is 448. The van der Waals surface area contributed by atoms with E-state index in [2.05, 4.69) is 10.6 Å². The second-order valence-electron chi connectivity index (χ2n) is 5.15. The SMILES string of the molecule is CCOc1cccc(CNC)c1OCCC(=O)NC1CC1. The zero-order valence-corrected chi connectivity index (χ0v) is 12.8. The topological polar surface area (TPSA) is 59.6 Å². The van der Waals surface area contributed by atoms with Gasteiger partial charge >= 0.3 is 0 Å². The molecule has 2 N–H and O–H groups in total. The molecule has 1 aromatic carbocycles. The number of hydrogen-bond donors (Lipinski definition) is 2. The molecule has 21 heavy (non-hydrogen) atoms. The minimum atomic E-state index is 0.0570. The van der Waals surface area contributed by atoms with Gasteiger partial charge in [-0.2, -0.15) is 0 Å². The minimum absolute atomic E-state index is 0.0570. The molecule has 0 unspecified atom stereocenters. The summed E-state index contributed by atoms with van der Waals surface area (Å²) in [6, 6.07) is 6.23. The van der Waals surface area contributed by atoms with Crippen molar-refractivity contribution < 1.29 is 14.3 Å². The maximum atomic E-state index is 11.7. The summed E-state index contributed by atoms with van der Waals surface area (Å²) in [5, 5.41) is 6.07. The molecular formula is C16H24N2O3. The maximum Gasteiger partial charge on any atom is 0.223 e. The van der Waals surface area contributed by atoms with E-state index in [1.807, 2.05) is 32.2 Å². The summed E-state index contributed by atoms with van der Waals surface area (Å²) in [5.41, 5.74) is 1.03. The van der Waals surface area contributed by atoms with Crippen LogP contribution < -0.4 is 20.1 Å². The van der Waals surface area contributed by atoms with Gasteiger partial charge < -0.3 is 20.1 Å². The molecule has 0 saturated heterocycles. The summed E-state index contributed by atoms with van der Waals surface area (Å²) in [6.45, 7) is 3.59. The normalized spacial score (nSPS) is 13.8. The van der Waals surface area contributed by atoms with Gasteiger partial charge in [0.2, 0.25) is 5.91 Å². The van der Waals surface area contributed by atoms with Crippen LogP contribution in [-0.2, 0) is 11.3 Å². The minimum Gasteiger partial charge on any atom is -0.490 e. The maximum absolute atomic E-state index is 11.7. The predicted molar refractivity (Wildman–Crippen MR) is 81.7 cm³/mol. The van der Waals surface area contributed by atoms with Gasteiger partial charge in [0.15, 0.2) is 11.5 Å². The van der Waals surface area contributed by atoms with Crippen molar-refractivity contribution in [2.45, 2.75) is 38.8 Å². The van der Waals surface area contributed by atoms with Crippen molar-refractivity contribution in [1.29, 1.82) is 0 Å². The van der Waals surface area contributed by atoms with Crippen molar-refractivity contribution in [1.82, 2.24) is 10.6 Å². The molecule has 0 aromatic heterocycles. The highest BCUT2D eigenvalue weighted by atomic mass is 16.5. The van der Waals surface area contributed by atoms with Crippen LogP contribution in [0.1, 0.15) is 31.7 Å². The fourth-order valence-electron chi connectivity index (χ4n) is 2.10. The number of amides is 1. The number of nitrogens with one attached hydrogen (secondary N) is 2. The molecule has 0 heterocycles. The molecule has 1 amide bonds. The third kappa shape index (κ3) is 4.93. The molecule has 5 nitrogen and oxygen atoms in total. The first kappa shape index (κ1) is 15.6. The molecule has 0 aliphatic heterocycles. The van der Waals surface area contributed by atoms with Gasteiger partial charge in [-0.1, -0.05) is 12.1 Å². The van der Waals surface area contributed by atoms with Gasteiger partial charge in [0.1, 0.15) is 0 Å². The largest absolute Gasteiger partial charge is 0.490 e. The summed E-state index contributed by atoms with van der Waals surface area (Å²) >= 11 is 0. The van der Waals surface area contributed by atoms with E-state index in [0.717, 1.165) is 29.9 Å². The van der Waals surface area contributed by atoms with E-state index >= 15 is 0 Å². The number of hydrogen-bond acceptors (Lipinski definition) is 4. The fourth-order valence-corrected chi connectivity index (χ4v) is 2.10.